The summed E-state index contributed by atoms with van der Waals surface area (Å²) < 4.78 is 6.02. The molecular weight excluding hydrogens is 442 g/mol. The van der Waals surface area contributed by atoms with Crippen LogP contribution in [0.15, 0.2) is 95.5 Å². The predicted molar refractivity (Wildman–Crippen MR) is 133 cm³/mol. The van der Waals surface area contributed by atoms with E-state index in [4.69, 9.17) is 4.42 Å². The topological polar surface area (TPSA) is 95.7 Å². The van der Waals surface area contributed by atoms with Gasteiger partial charge in [0.1, 0.15) is 12.0 Å². The minimum atomic E-state index is -1.53. The first-order valence-corrected chi connectivity index (χ1v) is 11.3. The van der Waals surface area contributed by atoms with Gasteiger partial charge in [0.2, 0.25) is 11.8 Å². The summed E-state index contributed by atoms with van der Waals surface area (Å²) in [5, 5.41) is 14.6. The van der Waals surface area contributed by atoms with Crippen LogP contribution >= 0.6 is 0 Å². The first-order chi connectivity index (χ1) is 17.0. The van der Waals surface area contributed by atoms with Crippen LogP contribution in [0.5, 0.6) is 0 Å². The highest BCUT2D eigenvalue weighted by molar-refractivity contribution is 5.91. The third-order valence-corrected chi connectivity index (χ3v) is 5.72. The van der Waals surface area contributed by atoms with Crippen molar-refractivity contribution in [2.24, 2.45) is 0 Å². The van der Waals surface area contributed by atoms with Gasteiger partial charge in [-0.3, -0.25) is 14.5 Å². The van der Waals surface area contributed by atoms with Crippen LogP contribution in [0.2, 0.25) is 0 Å². The summed E-state index contributed by atoms with van der Waals surface area (Å²) in [5.74, 6) is 0.643. The van der Waals surface area contributed by atoms with Gasteiger partial charge in [-0.25, -0.2) is 4.98 Å². The van der Waals surface area contributed by atoms with Crippen LogP contribution in [-0.4, -0.2) is 40.8 Å². The van der Waals surface area contributed by atoms with Gasteiger partial charge in [0.05, 0.1) is 12.7 Å². The minimum absolute atomic E-state index is 0.128. The van der Waals surface area contributed by atoms with E-state index in [1.54, 1.807) is 30.5 Å². The number of nitrogens with zero attached hydrogens (tertiary/aromatic N) is 2. The number of hydrogen-bond acceptors (Lipinski definition) is 6. The average Bonchev–Trinajstić information content (AvgIpc) is 3.37. The average molecular weight is 470 g/mol. The molecule has 0 fully saturated rings. The van der Waals surface area contributed by atoms with E-state index in [-0.39, 0.29) is 18.2 Å². The quantitative estimate of drug-likeness (QED) is 0.338. The van der Waals surface area contributed by atoms with Crippen molar-refractivity contribution in [1.82, 2.24) is 9.88 Å². The van der Waals surface area contributed by atoms with Gasteiger partial charge in [0.15, 0.2) is 5.60 Å². The molecule has 4 aromatic rings. The highest BCUT2D eigenvalue weighted by atomic mass is 16.4. The number of oxazole rings is 1. The first-order valence-electron chi connectivity index (χ1n) is 11.3. The lowest BCUT2D eigenvalue weighted by Gasteiger charge is -2.26. The summed E-state index contributed by atoms with van der Waals surface area (Å²) in [6.07, 6.45) is 2.65. The third kappa shape index (κ3) is 5.71. The van der Waals surface area contributed by atoms with E-state index in [0.29, 0.717) is 41.2 Å². The number of rotatable bonds is 10. The molecule has 1 heterocycles. The number of anilines is 1. The Hall–Kier alpha value is -4.07. The van der Waals surface area contributed by atoms with Crippen molar-refractivity contribution in [2.75, 3.05) is 18.9 Å². The highest BCUT2D eigenvalue weighted by Crippen LogP contribution is 2.36. The molecule has 1 amide bonds. The predicted octanol–water partition coefficient (Wildman–Crippen LogP) is 4.23. The number of carbonyl (C=O) groups excluding carboxylic acids is 2. The fraction of sp³-hybridized carbons (Fsp3) is 0.179. The number of hydrogen-bond donors (Lipinski definition) is 2. The van der Waals surface area contributed by atoms with Crippen LogP contribution in [0.3, 0.4) is 0 Å². The van der Waals surface area contributed by atoms with E-state index < -0.39 is 5.60 Å². The molecule has 1 aromatic heterocycles. The molecule has 0 bridgehead atoms. The summed E-state index contributed by atoms with van der Waals surface area (Å²) in [7, 11) is 1.88. The lowest BCUT2D eigenvalue weighted by atomic mass is 9.86. The molecule has 0 radical (unpaired) electrons. The van der Waals surface area contributed by atoms with E-state index in [1.165, 1.54) is 0 Å². The summed E-state index contributed by atoms with van der Waals surface area (Å²) >= 11 is 0. The van der Waals surface area contributed by atoms with E-state index in [0.717, 1.165) is 6.29 Å². The van der Waals surface area contributed by atoms with E-state index in [9.17, 15) is 14.7 Å². The molecule has 3 aromatic carbocycles. The second-order valence-corrected chi connectivity index (χ2v) is 8.35. The number of aromatic nitrogens is 1. The number of amides is 1. The lowest BCUT2D eigenvalue weighted by molar-refractivity contribution is -0.116. The smallest absolute Gasteiger partial charge is 0.236 e. The van der Waals surface area contributed by atoms with Crippen molar-refractivity contribution in [3.05, 3.63) is 119 Å². The molecule has 178 valence electrons. The summed E-state index contributed by atoms with van der Waals surface area (Å²) in [6, 6.07) is 25.3. The van der Waals surface area contributed by atoms with Gasteiger partial charge in [-0.2, -0.15) is 0 Å². The molecule has 0 unspecified atom stereocenters. The van der Waals surface area contributed by atoms with E-state index in [2.05, 4.69) is 10.3 Å². The maximum Gasteiger partial charge on any atom is 0.236 e. The molecule has 4 rings (SSSR count). The minimum Gasteiger partial charge on any atom is -0.441 e. The van der Waals surface area contributed by atoms with Crippen molar-refractivity contribution in [1.29, 1.82) is 0 Å². The zero-order valence-electron chi connectivity index (χ0n) is 19.4. The van der Waals surface area contributed by atoms with Crippen LogP contribution in [0, 0.1) is 0 Å². The van der Waals surface area contributed by atoms with Crippen LogP contribution in [0.4, 0.5) is 5.69 Å². The highest BCUT2D eigenvalue weighted by Gasteiger charge is 2.38. The summed E-state index contributed by atoms with van der Waals surface area (Å²) in [6.45, 7) is 0.921. The van der Waals surface area contributed by atoms with E-state index >= 15 is 0 Å². The third-order valence-electron chi connectivity index (χ3n) is 5.72. The molecule has 0 aliphatic heterocycles. The Morgan fingerprint density at radius 3 is 2.17 bits per heavy atom. The molecule has 7 nitrogen and oxygen atoms in total. The monoisotopic (exact) mass is 469 g/mol. The largest absolute Gasteiger partial charge is 0.441 e. The van der Waals surface area contributed by atoms with Gasteiger partial charge in [0.25, 0.3) is 0 Å². The molecule has 0 aliphatic rings. The molecule has 0 saturated carbocycles. The molecule has 2 N–H and O–H groups in total. The molecule has 7 heteroatoms. The number of carbonyl (C=O) groups is 2. The van der Waals surface area contributed by atoms with Crippen molar-refractivity contribution in [2.45, 2.75) is 18.6 Å². The van der Waals surface area contributed by atoms with Gasteiger partial charge in [-0.15, -0.1) is 0 Å². The normalized spacial score (nSPS) is 11.4. The van der Waals surface area contributed by atoms with Crippen LogP contribution in [-0.2, 0) is 16.9 Å². The Bertz CT molecular complexity index is 1210. The lowest BCUT2D eigenvalue weighted by Crippen LogP contribution is -2.29. The van der Waals surface area contributed by atoms with Crippen LogP contribution < -0.4 is 5.32 Å². The molecule has 0 aliphatic carbocycles. The SMILES string of the molecule is CN(CCC(=O)Nc1ccc(C=O)cc1)Cc1cnc(C(O)(c2ccccc2)c2ccccc2)o1. The summed E-state index contributed by atoms with van der Waals surface area (Å²) in [5.41, 5.74) is 0.986. The molecule has 0 atom stereocenters. The van der Waals surface area contributed by atoms with Crippen LogP contribution in [0.25, 0.3) is 0 Å². The molecule has 0 spiro atoms. The maximum atomic E-state index is 12.3. The van der Waals surface area contributed by atoms with Crippen molar-refractivity contribution in [3.8, 4) is 0 Å². The van der Waals surface area contributed by atoms with Crippen molar-refractivity contribution >= 4 is 17.9 Å². The Morgan fingerprint density at radius 2 is 1.60 bits per heavy atom. The standard InChI is InChI=1S/C28H27N3O4/c1-31(17-16-26(33)30-24-14-12-21(20-32)13-15-24)19-25-18-29-27(35-25)28(34,22-8-4-2-5-9-22)23-10-6-3-7-11-23/h2-15,18,20,34H,16-17,19H2,1H3,(H,30,33). The fourth-order valence-corrected chi connectivity index (χ4v) is 3.83. The van der Waals surface area contributed by atoms with Crippen molar-refractivity contribution in [3.63, 3.8) is 0 Å². The Labute approximate surface area is 204 Å². The Balaban J connectivity index is 1.41. The summed E-state index contributed by atoms with van der Waals surface area (Å²) in [4.78, 5) is 29.4. The zero-order chi connectivity index (χ0) is 24.7. The maximum absolute atomic E-state index is 12.3. The van der Waals surface area contributed by atoms with Gasteiger partial charge in [-0.1, -0.05) is 60.7 Å². The van der Waals surface area contributed by atoms with Gasteiger partial charge < -0.3 is 14.8 Å². The number of aliphatic hydroxyl groups is 1. The first kappa shape index (κ1) is 24.1. The second kappa shape index (κ2) is 10.9. The zero-order valence-corrected chi connectivity index (χ0v) is 19.4. The molecule has 35 heavy (non-hydrogen) atoms. The van der Waals surface area contributed by atoms with Gasteiger partial charge in [-0.05, 0) is 42.4 Å². The fourth-order valence-electron chi connectivity index (χ4n) is 3.83. The van der Waals surface area contributed by atoms with Gasteiger partial charge in [0, 0.05) is 24.2 Å². The number of nitrogens with one attached hydrogen (secondary N) is 1. The van der Waals surface area contributed by atoms with Gasteiger partial charge >= 0.3 is 0 Å². The second-order valence-electron chi connectivity index (χ2n) is 8.35. The van der Waals surface area contributed by atoms with Crippen molar-refractivity contribution < 1.29 is 19.1 Å². The Morgan fingerprint density at radius 1 is 1.00 bits per heavy atom. The van der Waals surface area contributed by atoms with E-state index in [1.807, 2.05) is 72.6 Å². The number of benzene rings is 3. The number of aldehydes is 1. The van der Waals surface area contributed by atoms with Crippen LogP contribution in [0.1, 0.15) is 39.6 Å². The molecular formula is C28H27N3O4. The molecule has 0 saturated heterocycles. The Kier molecular flexibility index (Phi) is 7.50.